The van der Waals surface area contributed by atoms with Crippen molar-refractivity contribution >= 4 is 33.9 Å². The monoisotopic (exact) mass is 378 g/mol. The van der Waals surface area contributed by atoms with Gasteiger partial charge < -0.3 is 9.80 Å². The zero-order chi connectivity index (χ0) is 16.4. The van der Waals surface area contributed by atoms with Gasteiger partial charge in [-0.1, -0.05) is 13.3 Å². The molecule has 0 aromatic carbocycles. The summed E-state index contributed by atoms with van der Waals surface area (Å²) in [4.78, 5) is 32.0. The van der Waals surface area contributed by atoms with Gasteiger partial charge in [-0.05, 0) is 34.5 Å². The summed E-state index contributed by atoms with van der Waals surface area (Å²) in [5.41, 5.74) is 2.27. The van der Waals surface area contributed by atoms with Gasteiger partial charge in [0.05, 0.1) is 5.69 Å². The molecule has 0 aliphatic carbocycles. The number of nitrogens with zero attached hydrogens (tertiary/aromatic N) is 4. The van der Waals surface area contributed by atoms with E-state index in [4.69, 9.17) is 0 Å². The van der Waals surface area contributed by atoms with Crippen LogP contribution in [0.2, 0.25) is 0 Å². The molecule has 0 atom stereocenters. The maximum atomic E-state index is 13.0. The summed E-state index contributed by atoms with van der Waals surface area (Å²) in [7, 11) is 0. The Morgan fingerprint density at radius 1 is 1.30 bits per heavy atom. The maximum absolute atomic E-state index is 13.0. The van der Waals surface area contributed by atoms with Crippen molar-refractivity contribution in [3.8, 4) is 0 Å². The number of aromatic nitrogens is 2. The van der Waals surface area contributed by atoms with E-state index in [1.807, 2.05) is 27.6 Å². The van der Waals surface area contributed by atoms with Crippen LogP contribution in [0.3, 0.4) is 0 Å². The first-order valence-corrected chi connectivity index (χ1v) is 8.58. The van der Waals surface area contributed by atoms with Gasteiger partial charge in [-0.15, -0.1) is 0 Å². The van der Waals surface area contributed by atoms with E-state index in [1.54, 1.807) is 4.90 Å². The average molecular weight is 379 g/mol. The summed E-state index contributed by atoms with van der Waals surface area (Å²) in [5.74, 6) is -0.00963. The van der Waals surface area contributed by atoms with Crippen LogP contribution in [0.25, 0.3) is 5.65 Å². The van der Waals surface area contributed by atoms with Crippen molar-refractivity contribution in [2.24, 2.45) is 0 Å². The largest absolute Gasteiger partial charge is 0.342 e. The van der Waals surface area contributed by atoms with Crippen molar-refractivity contribution < 1.29 is 9.59 Å². The molecule has 23 heavy (non-hydrogen) atoms. The lowest BCUT2D eigenvalue weighted by Gasteiger charge is -2.32. The standard InChI is InChI=1S/C16H19BrN4O2/c1-2-3-13-15(21-10-12(17)4-5-14(21)18-13)16(23)20-8-6-19(11-22)7-9-20/h4-5,10-11H,2-3,6-9H2,1H3. The first-order valence-electron chi connectivity index (χ1n) is 7.79. The van der Waals surface area contributed by atoms with Crippen molar-refractivity contribution in [1.82, 2.24) is 19.2 Å². The molecule has 3 heterocycles. The molecule has 1 aliphatic heterocycles. The fraction of sp³-hybridized carbons (Fsp3) is 0.438. The predicted octanol–water partition coefficient (Wildman–Crippen LogP) is 1.96. The molecule has 6 nitrogen and oxygen atoms in total. The molecule has 0 radical (unpaired) electrons. The number of imidazole rings is 1. The number of pyridine rings is 1. The average Bonchev–Trinajstić information content (AvgIpc) is 2.92. The first kappa shape index (κ1) is 16.0. The minimum absolute atomic E-state index is 0.00963. The molecule has 3 rings (SSSR count). The Balaban J connectivity index is 1.96. The third-order valence-electron chi connectivity index (χ3n) is 4.09. The topological polar surface area (TPSA) is 57.9 Å². The lowest BCUT2D eigenvalue weighted by Crippen LogP contribution is -2.48. The van der Waals surface area contributed by atoms with Crippen LogP contribution in [0.4, 0.5) is 0 Å². The number of hydrogen-bond acceptors (Lipinski definition) is 3. The molecule has 2 aromatic rings. The van der Waals surface area contributed by atoms with E-state index in [1.165, 1.54) is 0 Å². The van der Waals surface area contributed by atoms with E-state index in [0.717, 1.165) is 35.1 Å². The van der Waals surface area contributed by atoms with Crippen LogP contribution in [0.15, 0.2) is 22.8 Å². The molecule has 0 saturated carbocycles. The van der Waals surface area contributed by atoms with Gasteiger partial charge in [0.15, 0.2) is 0 Å². The van der Waals surface area contributed by atoms with Gasteiger partial charge in [0.1, 0.15) is 11.3 Å². The van der Waals surface area contributed by atoms with E-state index in [2.05, 4.69) is 27.8 Å². The van der Waals surface area contributed by atoms with Crippen molar-refractivity contribution in [2.45, 2.75) is 19.8 Å². The summed E-state index contributed by atoms with van der Waals surface area (Å²) >= 11 is 3.46. The van der Waals surface area contributed by atoms with Gasteiger partial charge in [0, 0.05) is 36.8 Å². The molecule has 0 N–H and O–H groups in total. The number of fused-ring (bicyclic) bond motifs is 1. The highest BCUT2D eigenvalue weighted by Crippen LogP contribution is 2.20. The highest BCUT2D eigenvalue weighted by atomic mass is 79.9. The van der Waals surface area contributed by atoms with E-state index < -0.39 is 0 Å². The number of amides is 2. The number of carbonyl (C=O) groups is 2. The van der Waals surface area contributed by atoms with Crippen molar-refractivity contribution in [3.63, 3.8) is 0 Å². The van der Waals surface area contributed by atoms with Crippen LogP contribution in [-0.4, -0.2) is 57.7 Å². The molecule has 2 aromatic heterocycles. The van der Waals surface area contributed by atoms with E-state index >= 15 is 0 Å². The summed E-state index contributed by atoms with van der Waals surface area (Å²) in [6.07, 6.45) is 4.44. The second-order valence-corrected chi connectivity index (χ2v) is 6.58. The zero-order valence-electron chi connectivity index (χ0n) is 13.0. The van der Waals surface area contributed by atoms with Crippen LogP contribution in [0.1, 0.15) is 29.5 Å². The second-order valence-electron chi connectivity index (χ2n) is 5.67. The number of aryl methyl sites for hydroxylation is 1. The van der Waals surface area contributed by atoms with Gasteiger partial charge >= 0.3 is 0 Å². The molecular formula is C16H19BrN4O2. The van der Waals surface area contributed by atoms with Crippen molar-refractivity contribution in [3.05, 3.63) is 34.2 Å². The third-order valence-corrected chi connectivity index (χ3v) is 4.56. The Hall–Kier alpha value is -1.89. The molecule has 0 bridgehead atoms. The second kappa shape index (κ2) is 6.70. The molecule has 0 spiro atoms. The number of carbonyl (C=O) groups excluding carboxylic acids is 2. The highest BCUT2D eigenvalue weighted by Gasteiger charge is 2.26. The van der Waals surface area contributed by atoms with Gasteiger partial charge in [0.25, 0.3) is 5.91 Å². The minimum Gasteiger partial charge on any atom is -0.342 e. The Bertz CT molecular complexity index is 735. The smallest absolute Gasteiger partial charge is 0.272 e. The van der Waals surface area contributed by atoms with Gasteiger partial charge in [-0.3, -0.25) is 14.0 Å². The number of hydrogen-bond donors (Lipinski definition) is 0. The van der Waals surface area contributed by atoms with Crippen LogP contribution in [0, 0.1) is 0 Å². The fourth-order valence-electron chi connectivity index (χ4n) is 2.89. The molecule has 2 amide bonds. The summed E-state index contributed by atoms with van der Waals surface area (Å²) in [6.45, 7) is 4.36. The summed E-state index contributed by atoms with van der Waals surface area (Å²) in [5, 5.41) is 0. The van der Waals surface area contributed by atoms with Crippen LogP contribution >= 0.6 is 15.9 Å². The molecule has 122 valence electrons. The molecular weight excluding hydrogens is 360 g/mol. The first-order chi connectivity index (χ1) is 11.1. The van der Waals surface area contributed by atoms with Gasteiger partial charge in [-0.25, -0.2) is 4.98 Å². The number of halogens is 1. The van der Waals surface area contributed by atoms with Crippen LogP contribution in [-0.2, 0) is 11.2 Å². The molecule has 1 saturated heterocycles. The zero-order valence-corrected chi connectivity index (χ0v) is 14.6. The molecule has 1 fully saturated rings. The van der Waals surface area contributed by atoms with Crippen molar-refractivity contribution in [2.75, 3.05) is 26.2 Å². The van der Waals surface area contributed by atoms with E-state index in [-0.39, 0.29) is 5.91 Å². The summed E-state index contributed by atoms with van der Waals surface area (Å²) in [6, 6.07) is 3.83. The predicted molar refractivity (Wildman–Crippen MR) is 90.4 cm³/mol. The fourth-order valence-corrected chi connectivity index (χ4v) is 3.22. The van der Waals surface area contributed by atoms with E-state index in [9.17, 15) is 9.59 Å². The highest BCUT2D eigenvalue weighted by molar-refractivity contribution is 9.10. The Morgan fingerprint density at radius 3 is 2.70 bits per heavy atom. The van der Waals surface area contributed by atoms with E-state index in [0.29, 0.717) is 31.9 Å². The van der Waals surface area contributed by atoms with Crippen molar-refractivity contribution in [1.29, 1.82) is 0 Å². The normalized spacial score (nSPS) is 15.2. The van der Waals surface area contributed by atoms with Gasteiger partial charge in [0.2, 0.25) is 6.41 Å². The van der Waals surface area contributed by atoms with Gasteiger partial charge in [-0.2, -0.15) is 0 Å². The third kappa shape index (κ3) is 3.10. The lowest BCUT2D eigenvalue weighted by atomic mass is 10.2. The Morgan fingerprint density at radius 2 is 2.04 bits per heavy atom. The molecule has 0 unspecified atom stereocenters. The molecule has 1 aliphatic rings. The van der Waals surface area contributed by atoms with Crippen LogP contribution in [0.5, 0.6) is 0 Å². The minimum atomic E-state index is -0.00963. The Labute approximate surface area is 143 Å². The summed E-state index contributed by atoms with van der Waals surface area (Å²) < 4.78 is 2.77. The van der Waals surface area contributed by atoms with Crippen LogP contribution < -0.4 is 0 Å². The number of rotatable bonds is 4. The quantitative estimate of drug-likeness (QED) is 0.764. The Kier molecular flexibility index (Phi) is 4.66. The number of piperazine rings is 1. The molecule has 7 heteroatoms. The lowest BCUT2D eigenvalue weighted by molar-refractivity contribution is -0.119. The SMILES string of the molecule is CCCc1nc2ccc(Br)cn2c1C(=O)N1CCN(C=O)CC1. The maximum Gasteiger partial charge on any atom is 0.272 e.